The van der Waals surface area contributed by atoms with Gasteiger partial charge in [-0.15, -0.1) is 0 Å². The second-order valence-corrected chi connectivity index (χ2v) is 4.67. The molecule has 0 atom stereocenters. The molecule has 0 bridgehead atoms. The zero-order valence-corrected chi connectivity index (χ0v) is 11.8. The third kappa shape index (κ3) is 2.42. The first-order valence-corrected chi connectivity index (χ1v) is 6.53. The van der Waals surface area contributed by atoms with Crippen molar-refractivity contribution in [3.8, 4) is 11.8 Å². The van der Waals surface area contributed by atoms with Crippen LogP contribution in [0.25, 0.3) is 0 Å². The Hall–Kier alpha value is -2.57. The number of methoxy groups -OCH3 is 2. The smallest absolute Gasteiger partial charge is 0.259 e. The van der Waals surface area contributed by atoms with Crippen LogP contribution in [0.15, 0.2) is 22.9 Å². The van der Waals surface area contributed by atoms with Crippen LogP contribution < -0.4 is 9.47 Å². The molecule has 0 saturated heterocycles. The number of ether oxygens (including phenoxy) is 2. The van der Waals surface area contributed by atoms with Crippen molar-refractivity contribution in [1.82, 2.24) is 15.0 Å². The highest BCUT2D eigenvalue weighted by atomic mass is 16.5. The Morgan fingerprint density at radius 3 is 2.95 bits per heavy atom. The average Bonchev–Trinajstić information content (AvgIpc) is 3.01. The van der Waals surface area contributed by atoms with E-state index in [9.17, 15) is 4.79 Å². The molecule has 0 N–H and O–H groups in total. The molecule has 0 saturated carbocycles. The van der Waals surface area contributed by atoms with Gasteiger partial charge in [-0.25, -0.2) is 0 Å². The molecule has 7 nitrogen and oxygen atoms in total. The van der Waals surface area contributed by atoms with Crippen LogP contribution in [0.2, 0.25) is 0 Å². The van der Waals surface area contributed by atoms with E-state index < -0.39 is 0 Å². The lowest BCUT2D eigenvalue weighted by Crippen LogP contribution is -2.36. The highest BCUT2D eigenvalue weighted by Gasteiger charge is 2.26. The Morgan fingerprint density at radius 2 is 2.19 bits per heavy atom. The molecular weight excluding hydrogens is 274 g/mol. The van der Waals surface area contributed by atoms with Crippen molar-refractivity contribution in [2.45, 2.75) is 13.0 Å². The lowest BCUT2D eigenvalue weighted by Gasteiger charge is -2.26. The SMILES string of the molecule is COc1ccc(C(=O)N2CCc3nocc3C2)c(OC)n1. The zero-order chi connectivity index (χ0) is 14.8. The molecule has 1 aliphatic heterocycles. The van der Waals surface area contributed by atoms with E-state index in [2.05, 4.69) is 10.1 Å². The molecule has 7 heteroatoms. The van der Waals surface area contributed by atoms with Gasteiger partial charge in [0.2, 0.25) is 11.8 Å². The summed E-state index contributed by atoms with van der Waals surface area (Å²) in [6.45, 7) is 1.07. The van der Waals surface area contributed by atoms with E-state index in [1.54, 1.807) is 23.3 Å². The van der Waals surface area contributed by atoms with Crippen molar-refractivity contribution in [3.63, 3.8) is 0 Å². The molecule has 0 unspecified atom stereocenters. The van der Waals surface area contributed by atoms with Crippen molar-refractivity contribution in [1.29, 1.82) is 0 Å². The predicted molar refractivity (Wildman–Crippen MR) is 72.3 cm³/mol. The van der Waals surface area contributed by atoms with Crippen LogP contribution in [0.5, 0.6) is 11.8 Å². The van der Waals surface area contributed by atoms with E-state index in [0.717, 1.165) is 11.3 Å². The first-order chi connectivity index (χ1) is 10.2. The van der Waals surface area contributed by atoms with Crippen molar-refractivity contribution in [2.75, 3.05) is 20.8 Å². The molecule has 1 aliphatic rings. The number of carbonyl (C=O) groups excluding carboxylic acids is 1. The minimum atomic E-state index is -0.131. The highest BCUT2D eigenvalue weighted by Crippen LogP contribution is 2.24. The summed E-state index contributed by atoms with van der Waals surface area (Å²) < 4.78 is 15.2. The van der Waals surface area contributed by atoms with Crippen LogP contribution >= 0.6 is 0 Å². The Morgan fingerprint density at radius 1 is 1.33 bits per heavy atom. The molecular formula is C14H15N3O4. The largest absolute Gasteiger partial charge is 0.481 e. The number of carbonyl (C=O) groups is 1. The van der Waals surface area contributed by atoms with E-state index in [0.29, 0.717) is 31.0 Å². The van der Waals surface area contributed by atoms with Gasteiger partial charge < -0.3 is 18.9 Å². The summed E-state index contributed by atoms with van der Waals surface area (Å²) in [5.74, 6) is 0.535. The van der Waals surface area contributed by atoms with Gasteiger partial charge in [0.05, 0.1) is 26.5 Å². The van der Waals surface area contributed by atoms with E-state index in [4.69, 9.17) is 14.0 Å². The van der Waals surface area contributed by atoms with Gasteiger partial charge in [0.1, 0.15) is 11.8 Å². The van der Waals surface area contributed by atoms with Gasteiger partial charge in [-0.2, -0.15) is 4.98 Å². The molecule has 3 heterocycles. The van der Waals surface area contributed by atoms with Crippen molar-refractivity contribution in [2.24, 2.45) is 0 Å². The summed E-state index contributed by atoms with van der Waals surface area (Å²) in [4.78, 5) is 18.5. The number of rotatable bonds is 3. The molecule has 110 valence electrons. The molecule has 2 aromatic heterocycles. The summed E-state index contributed by atoms with van der Waals surface area (Å²) >= 11 is 0. The maximum atomic E-state index is 12.6. The average molecular weight is 289 g/mol. The lowest BCUT2D eigenvalue weighted by molar-refractivity contribution is 0.0730. The van der Waals surface area contributed by atoms with E-state index in [1.807, 2.05) is 0 Å². The van der Waals surface area contributed by atoms with Crippen LogP contribution in [0.3, 0.4) is 0 Å². The number of pyridine rings is 1. The topological polar surface area (TPSA) is 77.7 Å². The highest BCUT2D eigenvalue weighted by molar-refractivity contribution is 5.96. The Labute approximate surface area is 121 Å². The summed E-state index contributed by atoms with van der Waals surface area (Å²) in [7, 11) is 2.99. The fourth-order valence-corrected chi connectivity index (χ4v) is 2.34. The van der Waals surface area contributed by atoms with Crippen molar-refractivity contribution in [3.05, 3.63) is 35.2 Å². The molecule has 0 spiro atoms. The zero-order valence-electron chi connectivity index (χ0n) is 11.8. The van der Waals surface area contributed by atoms with Crippen LogP contribution in [0.1, 0.15) is 21.6 Å². The second kappa shape index (κ2) is 5.43. The standard InChI is InChI=1S/C14H15N3O4/c1-19-12-4-3-10(13(15-12)20-2)14(18)17-6-5-11-9(7-17)8-21-16-11/h3-4,8H,5-7H2,1-2H3. The quantitative estimate of drug-likeness (QED) is 0.847. The van der Waals surface area contributed by atoms with Gasteiger partial charge in [-0.3, -0.25) is 4.79 Å². The number of amides is 1. The molecule has 0 aliphatic carbocycles. The van der Waals surface area contributed by atoms with E-state index in [-0.39, 0.29) is 11.8 Å². The van der Waals surface area contributed by atoms with Crippen LogP contribution in [-0.2, 0) is 13.0 Å². The molecule has 0 aromatic carbocycles. The van der Waals surface area contributed by atoms with Gasteiger partial charge in [0.25, 0.3) is 5.91 Å². The number of fused-ring (bicyclic) bond motifs is 1. The molecule has 0 fully saturated rings. The number of hydrogen-bond donors (Lipinski definition) is 0. The molecule has 1 amide bonds. The Bertz CT molecular complexity index is 668. The minimum absolute atomic E-state index is 0.131. The first-order valence-electron chi connectivity index (χ1n) is 6.53. The molecule has 2 aromatic rings. The summed E-state index contributed by atoms with van der Waals surface area (Å²) in [5.41, 5.74) is 2.27. The first kappa shape index (κ1) is 13.4. The van der Waals surface area contributed by atoms with Gasteiger partial charge in [-0.05, 0) is 6.07 Å². The van der Waals surface area contributed by atoms with Crippen LogP contribution in [-0.4, -0.2) is 41.7 Å². The van der Waals surface area contributed by atoms with Gasteiger partial charge in [0, 0.05) is 24.6 Å². The minimum Gasteiger partial charge on any atom is -0.481 e. The fraction of sp³-hybridized carbons (Fsp3) is 0.357. The van der Waals surface area contributed by atoms with Crippen LogP contribution in [0.4, 0.5) is 0 Å². The predicted octanol–water partition coefficient (Wildman–Crippen LogP) is 1.29. The molecule has 21 heavy (non-hydrogen) atoms. The Balaban J connectivity index is 1.86. The maximum Gasteiger partial charge on any atom is 0.259 e. The molecule has 3 rings (SSSR count). The van der Waals surface area contributed by atoms with Crippen molar-refractivity contribution >= 4 is 5.91 Å². The summed E-state index contributed by atoms with van der Waals surface area (Å²) in [5, 5.41) is 3.91. The van der Waals surface area contributed by atoms with Crippen LogP contribution in [0, 0.1) is 0 Å². The van der Waals surface area contributed by atoms with Gasteiger partial charge in [0.15, 0.2) is 0 Å². The third-order valence-electron chi connectivity index (χ3n) is 3.46. The van der Waals surface area contributed by atoms with Crippen molar-refractivity contribution < 1.29 is 18.8 Å². The summed E-state index contributed by atoms with van der Waals surface area (Å²) in [6.07, 6.45) is 2.27. The number of nitrogens with zero attached hydrogens (tertiary/aromatic N) is 3. The van der Waals surface area contributed by atoms with Gasteiger partial charge >= 0.3 is 0 Å². The molecule has 0 radical (unpaired) electrons. The third-order valence-corrected chi connectivity index (χ3v) is 3.46. The number of aromatic nitrogens is 2. The normalized spacial score (nSPS) is 13.7. The van der Waals surface area contributed by atoms with E-state index >= 15 is 0 Å². The van der Waals surface area contributed by atoms with Gasteiger partial charge in [-0.1, -0.05) is 5.16 Å². The monoisotopic (exact) mass is 289 g/mol. The second-order valence-electron chi connectivity index (χ2n) is 4.67. The van der Waals surface area contributed by atoms with E-state index in [1.165, 1.54) is 14.2 Å². The maximum absolute atomic E-state index is 12.6. The Kier molecular flexibility index (Phi) is 3.47. The summed E-state index contributed by atoms with van der Waals surface area (Å²) in [6, 6.07) is 3.31. The lowest BCUT2D eigenvalue weighted by atomic mass is 10.1. The number of hydrogen-bond acceptors (Lipinski definition) is 6. The fourth-order valence-electron chi connectivity index (χ4n) is 2.34.